The summed E-state index contributed by atoms with van der Waals surface area (Å²) >= 11 is 0. The third-order valence-corrected chi connectivity index (χ3v) is 9.80. The summed E-state index contributed by atoms with van der Waals surface area (Å²) in [6.07, 6.45) is 52.5. The van der Waals surface area contributed by atoms with Crippen LogP contribution in [0.1, 0.15) is 146 Å². The van der Waals surface area contributed by atoms with Gasteiger partial charge in [0.05, 0.1) is 0 Å². The Balaban J connectivity index is -0.0000000139. The van der Waals surface area contributed by atoms with E-state index in [1.54, 1.807) is 88.9 Å². The van der Waals surface area contributed by atoms with Crippen molar-refractivity contribution in [3.05, 3.63) is 229 Å². The van der Waals surface area contributed by atoms with Gasteiger partial charge in [0.25, 0.3) is 23.6 Å². The molecule has 18 nitrogen and oxygen atoms in total. The molecule has 0 aromatic heterocycles. The Kier molecular flexibility index (Phi) is 571. The molecule has 2 rings (SSSR count). The van der Waals surface area contributed by atoms with Crippen molar-refractivity contribution in [2.45, 2.75) is 146 Å². The molecule has 2 heterocycles. The van der Waals surface area contributed by atoms with Crippen LogP contribution in [0.25, 0.3) is 0 Å². The van der Waals surface area contributed by atoms with Crippen LogP contribution in [0.15, 0.2) is 124 Å². The topological polar surface area (TPSA) is 280 Å². The summed E-state index contributed by atoms with van der Waals surface area (Å²) in [5, 5.41) is 0. The van der Waals surface area contributed by atoms with Crippen LogP contribution >= 0.6 is 0 Å². The molecule has 0 aliphatic carbocycles. The third kappa shape index (κ3) is 235. The molecule has 2 aliphatic heterocycles. The maximum Gasteiger partial charge on any atom is 3.00 e. The van der Waals surface area contributed by atoms with Gasteiger partial charge in [-0.25, -0.2) is 25.2 Å². The maximum atomic E-state index is 11.4. The number of unbranched alkanes of at least 4 members (excludes halogenated alkanes) is 3. The fourth-order valence-corrected chi connectivity index (χ4v) is 5.27. The van der Waals surface area contributed by atoms with Crippen molar-refractivity contribution >= 4 is 94.5 Å². The fourth-order valence-electron chi connectivity index (χ4n) is 5.27. The summed E-state index contributed by atoms with van der Waals surface area (Å²) in [4.78, 5) is 170. The van der Waals surface area contributed by atoms with Gasteiger partial charge in [0, 0.05) is 864 Å². The first-order chi connectivity index (χ1) is 42.7. The third-order valence-electron chi connectivity index (χ3n) is 9.80. The average molecular weight is 3780 g/mol. The van der Waals surface area contributed by atoms with E-state index in [0.717, 1.165) is 60.8 Å². The summed E-state index contributed by atoms with van der Waals surface area (Å²) in [7, 11) is 0. The number of rotatable bonds is 33. The number of ketones is 9. The van der Waals surface area contributed by atoms with E-state index < -0.39 is 5.78 Å². The van der Waals surface area contributed by atoms with Crippen molar-refractivity contribution in [3.8, 4) is 24.7 Å². The second kappa shape index (κ2) is 244. The molecular weight excluding hydrogens is 3660 g/mol. The molecule has 0 saturated carbocycles. The van der Waals surface area contributed by atoms with Crippen molar-refractivity contribution in [1.29, 1.82) is 0 Å². The minimum Gasteiger partial charge on any atom is -0.542 e. The van der Waals surface area contributed by atoms with Crippen LogP contribution < -0.4 is 0 Å². The summed E-state index contributed by atoms with van der Waals surface area (Å²) < 4.78 is 0. The second-order valence-corrected chi connectivity index (χ2v) is 17.1. The van der Waals surface area contributed by atoms with Gasteiger partial charge in [-0.3, -0.25) is 55.6 Å². The number of hydrogen-bond donors (Lipinski definition) is 0. The minimum absolute atomic E-state index is 0. The molecule has 0 unspecified atom stereocenters. The first-order valence-corrected chi connectivity index (χ1v) is 28.7. The molecular formula is C81H120N2O16Y27-9. The smallest absolute Gasteiger partial charge is 0.542 e. The number of terminal acetylenes is 2. The molecule has 0 fully saturated rings. The maximum absolute atomic E-state index is 11.4. The van der Waals surface area contributed by atoms with Crippen molar-refractivity contribution in [2.75, 3.05) is 13.1 Å². The van der Waals surface area contributed by atoms with Crippen molar-refractivity contribution < 1.29 is 960 Å². The van der Waals surface area contributed by atoms with Gasteiger partial charge in [-0.1, -0.05) is 113 Å². The van der Waals surface area contributed by atoms with E-state index in [9.17, 15) is 71.9 Å². The molecule has 640 valence electrons. The van der Waals surface area contributed by atoms with E-state index >= 15 is 0 Å². The first-order valence-electron chi connectivity index (χ1n) is 28.7. The van der Waals surface area contributed by atoms with E-state index in [0.29, 0.717) is 19.3 Å². The molecule has 0 bridgehead atoms. The minimum atomic E-state index is -0.468. The summed E-state index contributed by atoms with van der Waals surface area (Å²) in [6.45, 7) is 35.2. The molecule has 0 spiro atoms. The average Bonchev–Trinajstić information content (AvgIpc) is 1.75. The van der Waals surface area contributed by atoms with Gasteiger partial charge in [0.2, 0.25) is 5.78 Å². The zero-order valence-electron chi connectivity index (χ0n) is 78.9. The molecule has 0 saturated heterocycles. The number of nitrogens with zero attached hydrogens (tertiary/aromatic N) is 2. The van der Waals surface area contributed by atoms with E-state index in [4.69, 9.17) is 11.2 Å². The second-order valence-electron chi connectivity index (χ2n) is 17.1. The van der Waals surface area contributed by atoms with Gasteiger partial charge >= 0.3 is 98.1 Å². The molecule has 24 radical (unpaired) electrons. The van der Waals surface area contributed by atoms with Gasteiger partial charge < -0.3 is 116 Å². The van der Waals surface area contributed by atoms with Crippen LogP contribution in [0.4, 0.5) is 0 Å². The van der Waals surface area contributed by atoms with Crippen LogP contribution in [0.3, 0.4) is 0 Å². The Morgan fingerprint density at radius 3 is 0.913 bits per heavy atom. The first kappa shape index (κ1) is 295. The number of imide groups is 2. The number of amides is 4. The predicted octanol–water partition coefficient (Wildman–Crippen LogP) is 14.4. The van der Waals surface area contributed by atoms with E-state index in [1.165, 1.54) is 79.9 Å². The van der Waals surface area contributed by atoms with Gasteiger partial charge in [-0.15, -0.1) is 19.8 Å². The van der Waals surface area contributed by atoms with Crippen molar-refractivity contribution in [1.82, 2.24) is 9.80 Å². The molecule has 126 heavy (non-hydrogen) atoms. The van der Waals surface area contributed by atoms with Crippen molar-refractivity contribution in [2.24, 2.45) is 11.8 Å². The van der Waals surface area contributed by atoms with Crippen LogP contribution in [-0.4, -0.2) is 117 Å². The Hall–Kier alpha value is 19.9. The van der Waals surface area contributed by atoms with Crippen LogP contribution in [0.2, 0.25) is 0 Å². The standard InChI is InChI=1S/C12H17O2.C11H14NO3.C10H13O2.C8H13O.C7H6NO3.C7H11O.C6H8O.C4H3O.C4H5O.C3H3O.9CH3.27Y/c1-4-7-11(13)9-10(6-3)12(14)8-5-2;1-2-3-4-9(13)7-8-12-10(14)5-6-11(12)15;1-4-8(10(12)6-3)7-9(11)5-2;1-3-5-7-8(9)6-4-2;9-5-1-4-8-6(10)2-3-7(8)11;1-3-5-6-7(8)4-2;1-3-5-6(7)4-2;1-3-4(2)5;1-2-3-4-5;1-2-3-4;;;;;;;;;;;;;;;;;;;;;;;;;;;;;;;;;;;;/h4-5,7-10H,6H2,1-3H3;4-6H,2-3,7-8H2,1H3;5-8H,2-4H2,1H3;4,6-7H,3,5H2,1-2H3;2-3H,1,4H2;4,6H,2-3,5H2,1H3;2H,3,5H2,1H3;1H,2H2;2-3H,1H3;2H,1H2;9*1H3;;;;;;;;;;;;;;;;;;;;;;;;;;;/q6*-1;;12*-1;;;;;;;;;;;;;;;;;;;;;;;;;3*+3/b7-4+,8-5+;;;6-4+;;;;;3-2+;;;;;;;;;;;;;;;;;;;;;;;;;;;;;;;;;;;;;/t10-;;8-;;;;;;;;;;;;;;;;;;;;;;;;;;;;;;;;;;;;;;;;;;;/m1.1.........................................../s1. The fraction of sp³-hybridized carbons (Fsp3) is 0.321. The molecule has 0 aromatic carbocycles. The predicted molar refractivity (Wildman–Crippen MR) is 413 cm³/mol. The summed E-state index contributed by atoms with van der Waals surface area (Å²) in [6, 6.07) is 0. The molecule has 2 atom stereocenters. The summed E-state index contributed by atoms with van der Waals surface area (Å²) in [5.41, 5.74) is 0. The number of hydrogen-bond acceptors (Lipinski definition) is 16. The van der Waals surface area contributed by atoms with Gasteiger partial charge in [-0.05, 0) is 62.2 Å². The number of allylic oxidation sites excluding steroid dienone is 12. The van der Waals surface area contributed by atoms with Crippen molar-refractivity contribution in [3.63, 3.8) is 0 Å². The molecule has 45 heteroatoms. The zero-order chi connectivity index (χ0) is 71.1. The SMILES string of the molecule is C#CC(=O)CCC.C#CC([CH2-])=O.C/C=C/C(=O)[CH-]CCC.C/C=C/C(=O)[CH-][C@@H](CC)C(=O)/C=C/C.C/C=C/[C-]=O.C=CC(=O)[CH-]CCC.C=CC(=O)[CH-][C@@H](CC)C(=O)C=C.C=C[C-]=O.CCC[CH-]C(=O)CCN1C(=O)C=CC1=O.O=[C-]CCN1C(=O)C=CC1=O.[CH3-].[CH3-].[CH3-].[CH3-].[CH3-].[CH3-].[CH3-].[CH3-].[CH3-].[Y+3].[Y+3].[Y+3].[Y].[Y].[Y].[Y].[Y].[Y].[Y].[Y].[Y].[Y].[Y].[Y].[Y].[Y].[Y].[Y].[Y].[Y].[Y].[Y].[Y].[Y].[Y].[Y]. The Bertz CT molecular complexity index is 2570. The van der Waals surface area contributed by atoms with Gasteiger partial charge in [-0.2, -0.15) is 94.7 Å². The van der Waals surface area contributed by atoms with Crippen LogP contribution in [0, 0.1) is 142 Å². The van der Waals surface area contributed by atoms with Crippen LogP contribution in [-0.2, 0) is 960 Å². The Morgan fingerprint density at radius 2 is 0.690 bits per heavy atom. The van der Waals surface area contributed by atoms with E-state index in [2.05, 4.69) is 46.6 Å². The van der Waals surface area contributed by atoms with Gasteiger partial charge in [0.1, 0.15) is 11.6 Å². The largest absolute Gasteiger partial charge is 3.00 e. The number of carbonyl (C=O) groups is 13. The number of Topliss-reactive ketones (excluding diaryl/α,β-unsaturated/α-hetero) is 3. The normalized spacial score (nSPS) is 8.13. The number of carbonyl (C=O) groups excluding carboxylic acids is 16. The molecule has 4 amide bonds. The molecule has 0 aromatic rings. The van der Waals surface area contributed by atoms with E-state index in [-0.39, 0.29) is 1060 Å². The Labute approximate surface area is 1450 Å². The quantitative estimate of drug-likeness (QED) is 0.0194. The molecule has 0 N–H and O–H groups in total. The molecule has 2 aliphatic rings. The summed E-state index contributed by atoms with van der Waals surface area (Å²) in [5.74, 6) is 0.960. The van der Waals surface area contributed by atoms with Crippen LogP contribution in [0.5, 0.6) is 0 Å². The monoisotopic (exact) mass is 3780 g/mol. The Morgan fingerprint density at radius 1 is 0.405 bits per heavy atom. The van der Waals surface area contributed by atoms with E-state index in [1.807, 2.05) is 47.5 Å². The van der Waals surface area contributed by atoms with Gasteiger partial charge in [0.15, 0.2) is 0 Å². The zero-order valence-corrected chi connectivity index (χ0v) is 156.